The van der Waals surface area contributed by atoms with Gasteiger partial charge in [-0.05, 0) is 18.2 Å². The van der Waals surface area contributed by atoms with Gasteiger partial charge in [0.25, 0.3) is 5.56 Å². The van der Waals surface area contributed by atoms with Crippen LogP contribution in [0.5, 0.6) is 5.75 Å². The summed E-state index contributed by atoms with van der Waals surface area (Å²) in [6.45, 7) is 0. The zero-order valence-electron chi connectivity index (χ0n) is 10.5. The van der Waals surface area contributed by atoms with Crippen molar-refractivity contribution in [3.8, 4) is 34.6 Å². The summed E-state index contributed by atoms with van der Waals surface area (Å²) in [5.74, 6) is 0.867. The zero-order valence-corrected chi connectivity index (χ0v) is 10.5. The molecule has 0 radical (unpaired) electrons. The maximum atomic E-state index is 11.6. The maximum absolute atomic E-state index is 11.6. The third-order valence-corrected chi connectivity index (χ3v) is 2.87. The molecule has 0 spiro atoms. The highest BCUT2D eigenvalue weighted by molar-refractivity contribution is 5.70. The zero-order chi connectivity index (χ0) is 14.1. The van der Waals surface area contributed by atoms with Gasteiger partial charge in [0.1, 0.15) is 11.4 Å². The molecular formula is C13H9N5O2. The maximum Gasteiger partial charge on any atom is 0.290 e. The van der Waals surface area contributed by atoms with Gasteiger partial charge in [0.05, 0.1) is 24.3 Å². The largest absolute Gasteiger partial charge is 0.496 e. The van der Waals surface area contributed by atoms with E-state index >= 15 is 0 Å². The molecule has 7 heteroatoms. The molecule has 2 heterocycles. The number of fused-ring (bicyclic) bond motifs is 1. The Bertz CT molecular complexity index is 843. The second kappa shape index (κ2) is 4.51. The van der Waals surface area contributed by atoms with E-state index in [2.05, 4.69) is 20.2 Å². The number of hydrogen-bond donors (Lipinski definition) is 2. The third kappa shape index (κ3) is 1.80. The number of rotatable bonds is 2. The lowest BCUT2D eigenvalue weighted by Gasteiger charge is -2.05. The first-order valence-corrected chi connectivity index (χ1v) is 5.75. The molecule has 0 aromatic heterocycles. The second-order valence-corrected chi connectivity index (χ2v) is 4.05. The second-order valence-electron chi connectivity index (χ2n) is 4.05. The van der Waals surface area contributed by atoms with Crippen LogP contribution in [-0.2, 0) is 0 Å². The summed E-state index contributed by atoms with van der Waals surface area (Å²) in [6.07, 6.45) is 1.56. The standard InChI is InChI=1S/C13H9N5O2/c1-20-10-4-7(5-14)2-3-8(10)12-16-9-6-15-18-13(19)11(9)17-12/h2-4,6,15H,1H3,(H,18,19). The van der Waals surface area contributed by atoms with Gasteiger partial charge in [-0.15, -0.1) is 0 Å². The van der Waals surface area contributed by atoms with E-state index in [1.54, 1.807) is 24.4 Å². The SMILES string of the molecule is COc1cc(C#N)ccc1-c1nc2c[nH][nH]c(=O)c-2n1. The average molecular weight is 267 g/mol. The van der Waals surface area contributed by atoms with E-state index in [-0.39, 0.29) is 11.3 Å². The lowest BCUT2D eigenvalue weighted by Crippen LogP contribution is -2.10. The Morgan fingerprint density at radius 3 is 2.90 bits per heavy atom. The number of imidazole rings is 1. The Hall–Kier alpha value is -3.14. The summed E-state index contributed by atoms with van der Waals surface area (Å²) >= 11 is 0. The van der Waals surface area contributed by atoms with Crippen LogP contribution in [0, 0.1) is 11.3 Å². The minimum atomic E-state index is -0.339. The molecule has 2 aliphatic heterocycles. The van der Waals surface area contributed by atoms with Crippen molar-refractivity contribution in [1.82, 2.24) is 20.2 Å². The minimum absolute atomic E-state index is 0.255. The van der Waals surface area contributed by atoms with Crippen molar-refractivity contribution in [3.05, 3.63) is 40.3 Å². The molecule has 2 aliphatic rings. The fourth-order valence-electron chi connectivity index (χ4n) is 1.92. The van der Waals surface area contributed by atoms with E-state index in [1.807, 2.05) is 6.07 Å². The Morgan fingerprint density at radius 2 is 2.20 bits per heavy atom. The molecule has 0 saturated carbocycles. The third-order valence-electron chi connectivity index (χ3n) is 2.87. The molecule has 0 fully saturated rings. The lowest BCUT2D eigenvalue weighted by atomic mass is 10.1. The van der Waals surface area contributed by atoms with Crippen LogP contribution in [0.3, 0.4) is 0 Å². The van der Waals surface area contributed by atoms with Gasteiger partial charge in [-0.1, -0.05) is 0 Å². The molecule has 7 nitrogen and oxygen atoms in total. The number of aromatic amines is 2. The van der Waals surface area contributed by atoms with Gasteiger partial charge in [-0.25, -0.2) is 9.97 Å². The number of aromatic nitrogens is 4. The molecule has 1 aromatic rings. The van der Waals surface area contributed by atoms with Crippen molar-refractivity contribution in [2.24, 2.45) is 0 Å². The number of hydrogen-bond acceptors (Lipinski definition) is 5. The van der Waals surface area contributed by atoms with Crippen LogP contribution in [0.2, 0.25) is 0 Å². The van der Waals surface area contributed by atoms with Crippen LogP contribution in [0.1, 0.15) is 5.56 Å². The topological polar surface area (TPSA) is 107 Å². The summed E-state index contributed by atoms with van der Waals surface area (Å²) in [4.78, 5) is 20.1. The predicted octanol–water partition coefficient (Wildman–Crippen LogP) is 1.15. The first-order chi connectivity index (χ1) is 9.72. The number of nitriles is 1. The molecule has 0 amide bonds. The quantitative estimate of drug-likeness (QED) is 0.724. The van der Waals surface area contributed by atoms with Crippen molar-refractivity contribution in [1.29, 1.82) is 5.26 Å². The van der Waals surface area contributed by atoms with Crippen molar-refractivity contribution in [2.75, 3.05) is 7.11 Å². The molecule has 20 heavy (non-hydrogen) atoms. The van der Waals surface area contributed by atoms with Gasteiger partial charge in [0.2, 0.25) is 0 Å². The molecule has 1 aromatic carbocycles. The van der Waals surface area contributed by atoms with Gasteiger partial charge in [0, 0.05) is 6.20 Å². The van der Waals surface area contributed by atoms with Gasteiger partial charge in [-0.2, -0.15) is 5.26 Å². The molecular weight excluding hydrogens is 258 g/mol. The smallest absolute Gasteiger partial charge is 0.290 e. The summed E-state index contributed by atoms with van der Waals surface area (Å²) < 4.78 is 5.24. The fraction of sp³-hybridized carbons (Fsp3) is 0.0769. The molecule has 0 aliphatic carbocycles. The summed E-state index contributed by atoms with van der Waals surface area (Å²) in [6, 6.07) is 6.99. The summed E-state index contributed by atoms with van der Waals surface area (Å²) in [5, 5.41) is 13.9. The highest BCUT2D eigenvalue weighted by Gasteiger charge is 2.18. The van der Waals surface area contributed by atoms with Gasteiger partial charge in [-0.3, -0.25) is 9.89 Å². The summed E-state index contributed by atoms with van der Waals surface area (Å²) in [5.41, 5.74) is 1.49. The Kier molecular flexibility index (Phi) is 2.69. The molecule has 0 bridgehead atoms. The monoisotopic (exact) mass is 267 g/mol. The molecule has 0 atom stereocenters. The molecule has 3 rings (SSSR count). The van der Waals surface area contributed by atoms with Gasteiger partial charge >= 0.3 is 0 Å². The molecule has 98 valence electrons. The average Bonchev–Trinajstić information content (AvgIpc) is 2.92. The lowest BCUT2D eigenvalue weighted by molar-refractivity contribution is 0.416. The summed E-state index contributed by atoms with van der Waals surface area (Å²) in [7, 11) is 1.50. The van der Waals surface area contributed by atoms with Crippen LogP contribution in [0.15, 0.2) is 29.2 Å². The molecule has 2 N–H and O–H groups in total. The predicted molar refractivity (Wildman–Crippen MR) is 70.3 cm³/mol. The minimum Gasteiger partial charge on any atom is -0.496 e. The first kappa shape index (κ1) is 11.9. The van der Waals surface area contributed by atoms with E-state index < -0.39 is 0 Å². The molecule has 0 saturated heterocycles. The number of H-pyrrole nitrogens is 2. The molecule has 0 unspecified atom stereocenters. The highest BCUT2D eigenvalue weighted by atomic mass is 16.5. The Morgan fingerprint density at radius 1 is 1.35 bits per heavy atom. The van der Waals surface area contributed by atoms with Crippen molar-refractivity contribution in [3.63, 3.8) is 0 Å². The van der Waals surface area contributed by atoms with Crippen molar-refractivity contribution < 1.29 is 4.74 Å². The van der Waals surface area contributed by atoms with Crippen molar-refractivity contribution in [2.45, 2.75) is 0 Å². The fourth-order valence-corrected chi connectivity index (χ4v) is 1.92. The Labute approximate surface area is 113 Å². The number of ether oxygens (including phenoxy) is 1. The van der Waals surface area contributed by atoms with Crippen LogP contribution >= 0.6 is 0 Å². The van der Waals surface area contributed by atoms with Crippen LogP contribution in [0.4, 0.5) is 0 Å². The Balaban J connectivity index is 2.22. The van der Waals surface area contributed by atoms with Gasteiger partial charge in [0.15, 0.2) is 11.5 Å². The van der Waals surface area contributed by atoms with E-state index in [9.17, 15) is 4.79 Å². The first-order valence-electron chi connectivity index (χ1n) is 5.75. The number of nitrogens with zero attached hydrogens (tertiary/aromatic N) is 3. The number of nitrogens with one attached hydrogen (secondary N) is 2. The van der Waals surface area contributed by atoms with Crippen LogP contribution in [-0.4, -0.2) is 27.3 Å². The van der Waals surface area contributed by atoms with E-state index in [0.29, 0.717) is 28.4 Å². The van der Waals surface area contributed by atoms with E-state index in [1.165, 1.54) is 7.11 Å². The van der Waals surface area contributed by atoms with Crippen molar-refractivity contribution >= 4 is 0 Å². The van der Waals surface area contributed by atoms with Crippen LogP contribution < -0.4 is 10.3 Å². The number of benzene rings is 1. The normalized spacial score (nSPS) is 10.4. The highest BCUT2D eigenvalue weighted by Crippen LogP contribution is 2.30. The van der Waals surface area contributed by atoms with E-state index in [0.717, 1.165) is 0 Å². The number of methoxy groups -OCH3 is 1. The van der Waals surface area contributed by atoms with Gasteiger partial charge < -0.3 is 9.84 Å². The van der Waals surface area contributed by atoms with Crippen LogP contribution in [0.25, 0.3) is 22.8 Å². The van der Waals surface area contributed by atoms with E-state index in [4.69, 9.17) is 10.00 Å².